The van der Waals surface area contributed by atoms with Gasteiger partial charge in [-0.05, 0) is 24.3 Å². The van der Waals surface area contributed by atoms with Crippen molar-refractivity contribution in [3.8, 4) is 0 Å². The SMILES string of the molecule is Nc1cc(S(=O)(=O)O)cc(N=Nc2ccccc2)c1S(=O)(=O)O. The number of azo groups is 1. The van der Waals surface area contributed by atoms with E-state index in [9.17, 15) is 21.4 Å². The van der Waals surface area contributed by atoms with Crippen LogP contribution in [0.3, 0.4) is 0 Å². The van der Waals surface area contributed by atoms with E-state index >= 15 is 0 Å². The van der Waals surface area contributed by atoms with Gasteiger partial charge in [0, 0.05) is 0 Å². The van der Waals surface area contributed by atoms with E-state index < -0.39 is 41.4 Å². The van der Waals surface area contributed by atoms with Gasteiger partial charge in [0.15, 0.2) is 0 Å². The first kappa shape index (κ1) is 17.0. The van der Waals surface area contributed by atoms with Gasteiger partial charge in [-0.25, -0.2) is 0 Å². The fourth-order valence-corrected chi connectivity index (χ4v) is 2.98. The summed E-state index contributed by atoms with van der Waals surface area (Å²) < 4.78 is 63.5. The first-order valence-electron chi connectivity index (χ1n) is 5.94. The van der Waals surface area contributed by atoms with Crippen LogP contribution in [0.15, 0.2) is 62.5 Å². The van der Waals surface area contributed by atoms with E-state index in [1.165, 1.54) is 0 Å². The molecule has 0 saturated carbocycles. The van der Waals surface area contributed by atoms with E-state index in [1.807, 2.05) is 0 Å². The third kappa shape index (κ3) is 4.10. The van der Waals surface area contributed by atoms with Gasteiger partial charge in [0.1, 0.15) is 10.6 Å². The quantitative estimate of drug-likeness (QED) is 0.429. The normalized spacial score (nSPS) is 12.6. The Morgan fingerprint density at radius 1 is 0.870 bits per heavy atom. The zero-order valence-electron chi connectivity index (χ0n) is 11.4. The third-order valence-electron chi connectivity index (χ3n) is 2.66. The van der Waals surface area contributed by atoms with Crippen LogP contribution < -0.4 is 5.73 Å². The second kappa shape index (κ2) is 6.04. The molecule has 0 saturated heterocycles. The van der Waals surface area contributed by atoms with Gasteiger partial charge in [0.25, 0.3) is 20.2 Å². The summed E-state index contributed by atoms with van der Waals surface area (Å²) in [5.41, 5.74) is 4.69. The zero-order valence-corrected chi connectivity index (χ0v) is 13.0. The first-order chi connectivity index (χ1) is 10.6. The molecule has 2 aromatic carbocycles. The van der Waals surface area contributed by atoms with Crippen LogP contribution in [0, 0.1) is 0 Å². The van der Waals surface area contributed by atoms with Crippen molar-refractivity contribution in [3.63, 3.8) is 0 Å². The minimum Gasteiger partial charge on any atom is -0.397 e. The molecular formula is C12H11N3O6S2. The Morgan fingerprint density at radius 2 is 1.48 bits per heavy atom. The van der Waals surface area contributed by atoms with Crippen LogP contribution in [-0.2, 0) is 20.2 Å². The van der Waals surface area contributed by atoms with Gasteiger partial charge < -0.3 is 5.73 Å². The molecule has 4 N–H and O–H groups in total. The Bertz CT molecular complexity index is 969. The highest BCUT2D eigenvalue weighted by atomic mass is 32.2. The molecule has 0 heterocycles. The maximum Gasteiger partial charge on any atom is 0.298 e. The van der Waals surface area contributed by atoms with Crippen molar-refractivity contribution in [2.24, 2.45) is 10.2 Å². The lowest BCUT2D eigenvalue weighted by molar-refractivity contribution is 0.479. The van der Waals surface area contributed by atoms with E-state index in [0.29, 0.717) is 11.8 Å². The number of nitrogen functional groups attached to an aromatic ring is 1. The summed E-state index contributed by atoms with van der Waals surface area (Å²) in [6.45, 7) is 0. The molecule has 0 fully saturated rings. The molecule has 2 aromatic rings. The molecule has 11 heteroatoms. The Balaban J connectivity index is 2.68. The van der Waals surface area contributed by atoms with Gasteiger partial charge in [0.05, 0.1) is 16.3 Å². The smallest absolute Gasteiger partial charge is 0.298 e. The van der Waals surface area contributed by atoms with Crippen LogP contribution in [0.5, 0.6) is 0 Å². The highest BCUT2D eigenvalue weighted by Crippen LogP contribution is 2.34. The first-order valence-corrected chi connectivity index (χ1v) is 8.82. The molecular weight excluding hydrogens is 346 g/mol. The molecule has 0 aliphatic carbocycles. The van der Waals surface area contributed by atoms with Crippen LogP contribution in [0.1, 0.15) is 0 Å². The molecule has 0 aromatic heterocycles. The average Bonchev–Trinajstić information content (AvgIpc) is 2.43. The van der Waals surface area contributed by atoms with Crippen LogP contribution in [-0.4, -0.2) is 25.9 Å². The van der Waals surface area contributed by atoms with E-state index in [1.54, 1.807) is 30.3 Å². The summed E-state index contributed by atoms with van der Waals surface area (Å²) in [7, 11) is -9.44. The van der Waals surface area contributed by atoms with E-state index in [2.05, 4.69) is 10.2 Å². The number of benzene rings is 2. The predicted molar refractivity (Wildman–Crippen MR) is 81.1 cm³/mol. The van der Waals surface area contributed by atoms with Crippen molar-refractivity contribution in [2.75, 3.05) is 5.73 Å². The lowest BCUT2D eigenvalue weighted by Gasteiger charge is -2.07. The van der Waals surface area contributed by atoms with Crippen molar-refractivity contribution >= 4 is 37.3 Å². The maximum atomic E-state index is 11.4. The molecule has 0 bridgehead atoms. The molecule has 0 atom stereocenters. The molecule has 122 valence electrons. The fourth-order valence-electron chi connectivity index (χ4n) is 1.72. The number of anilines is 1. The van der Waals surface area contributed by atoms with Crippen molar-refractivity contribution in [1.82, 2.24) is 0 Å². The largest absolute Gasteiger partial charge is 0.397 e. The summed E-state index contributed by atoms with van der Waals surface area (Å²) in [6, 6.07) is 9.59. The molecule has 23 heavy (non-hydrogen) atoms. The Hall–Kier alpha value is -2.34. The summed E-state index contributed by atoms with van der Waals surface area (Å²) in [5.74, 6) is 0. The summed E-state index contributed by atoms with van der Waals surface area (Å²) in [5, 5.41) is 7.34. The fraction of sp³-hybridized carbons (Fsp3) is 0. The minimum absolute atomic E-state index is 0.351. The maximum absolute atomic E-state index is 11.4. The molecule has 0 unspecified atom stereocenters. The Morgan fingerprint density at radius 3 is 2.00 bits per heavy atom. The number of hydrogen-bond donors (Lipinski definition) is 3. The van der Waals surface area contributed by atoms with Crippen LogP contribution in [0.2, 0.25) is 0 Å². The summed E-state index contributed by atoms with van der Waals surface area (Å²) in [6.07, 6.45) is 0. The topological polar surface area (TPSA) is 159 Å². The lowest BCUT2D eigenvalue weighted by Crippen LogP contribution is -2.06. The second-order valence-electron chi connectivity index (χ2n) is 4.35. The molecule has 0 aliphatic heterocycles. The van der Waals surface area contributed by atoms with Crippen LogP contribution in [0.25, 0.3) is 0 Å². The van der Waals surface area contributed by atoms with Crippen molar-refractivity contribution in [1.29, 1.82) is 0 Å². The van der Waals surface area contributed by atoms with E-state index in [4.69, 9.17) is 10.3 Å². The molecule has 2 rings (SSSR count). The van der Waals surface area contributed by atoms with Gasteiger partial charge in [-0.1, -0.05) is 18.2 Å². The highest BCUT2D eigenvalue weighted by molar-refractivity contribution is 7.86. The standard InChI is InChI=1S/C12H11N3O6S2/c13-10-6-9(22(16,17)18)7-11(12(10)23(19,20)21)15-14-8-4-2-1-3-5-8/h1-7H,13H2,(H,16,17,18)(H,19,20,21). The molecule has 0 amide bonds. The minimum atomic E-state index is -4.79. The number of nitrogens with zero attached hydrogens (tertiary/aromatic N) is 2. The molecule has 9 nitrogen and oxygen atoms in total. The number of hydrogen-bond acceptors (Lipinski definition) is 7. The average molecular weight is 357 g/mol. The van der Waals surface area contributed by atoms with E-state index in [0.717, 1.165) is 6.07 Å². The molecule has 0 aliphatic rings. The predicted octanol–water partition coefficient (Wildman–Crippen LogP) is 2.18. The Labute approximate surface area is 132 Å². The van der Waals surface area contributed by atoms with Crippen LogP contribution >= 0.6 is 0 Å². The van der Waals surface area contributed by atoms with Crippen molar-refractivity contribution in [3.05, 3.63) is 42.5 Å². The third-order valence-corrected chi connectivity index (χ3v) is 4.45. The summed E-state index contributed by atoms with van der Waals surface area (Å²) >= 11 is 0. The lowest BCUT2D eigenvalue weighted by atomic mass is 10.3. The number of rotatable bonds is 4. The van der Waals surface area contributed by atoms with Crippen molar-refractivity contribution in [2.45, 2.75) is 9.79 Å². The highest BCUT2D eigenvalue weighted by Gasteiger charge is 2.23. The van der Waals surface area contributed by atoms with Gasteiger partial charge in [-0.2, -0.15) is 21.9 Å². The Kier molecular flexibility index (Phi) is 4.47. The van der Waals surface area contributed by atoms with Gasteiger partial charge >= 0.3 is 0 Å². The molecule has 0 radical (unpaired) electrons. The monoisotopic (exact) mass is 357 g/mol. The van der Waals surface area contributed by atoms with E-state index in [-0.39, 0.29) is 0 Å². The van der Waals surface area contributed by atoms with Crippen molar-refractivity contribution < 1.29 is 25.9 Å². The van der Waals surface area contributed by atoms with Gasteiger partial charge in [0.2, 0.25) is 0 Å². The van der Waals surface area contributed by atoms with Crippen LogP contribution in [0.4, 0.5) is 17.1 Å². The van der Waals surface area contributed by atoms with Gasteiger partial charge in [-0.15, -0.1) is 5.11 Å². The zero-order chi connectivity index (χ0) is 17.3. The number of nitrogens with two attached hydrogens (primary N) is 1. The second-order valence-corrected chi connectivity index (χ2v) is 7.13. The summed E-state index contributed by atoms with van der Waals surface area (Å²) in [4.78, 5) is -1.48. The van der Waals surface area contributed by atoms with Gasteiger partial charge in [-0.3, -0.25) is 9.11 Å². The molecule has 0 spiro atoms.